The van der Waals surface area contributed by atoms with E-state index in [0.717, 1.165) is 12.3 Å². The Hall–Kier alpha value is -3.54. The first-order valence-electron chi connectivity index (χ1n) is 9.52. The van der Waals surface area contributed by atoms with Gasteiger partial charge in [0.2, 0.25) is 5.95 Å². The van der Waals surface area contributed by atoms with E-state index in [1.165, 1.54) is 31.4 Å². The zero-order valence-electron chi connectivity index (χ0n) is 16.8. The summed E-state index contributed by atoms with van der Waals surface area (Å²) < 4.78 is 63.4. The van der Waals surface area contributed by atoms with Crippen molar-refractivity contribution in [1.29, 1.82) is 0 Å². The molecule has 4 rings (SSSR count). The summed E-state index contributed by atoms with van der Waals surface area (Å²) >= 11 is 0. The molecule has 32 heavy (non-hydrogen) atoms. The molecule has 12 heteroatoms. The number of nitrogens with one attached hydrogen (secondary N) is 2. The maximum atomic E-state index is 14.5. The number of methoxy groups -OCH3 is 1. The summed E-state index contributed by atoms with van der Waals surface area (Å²) in [5, 5.41) is 5.91. The fourth-order valence-electron chi connectivity index (χ4n) is 2.86. The molecule has 8 nitrogen and oxygen atoms in total. The van der Waals surface area contributed by atoms with Crippen molar-refractivity contribution in [2.75, 3.05) is 31.0 Å². The van der Waals surface area contributed by atoms with Crippen molar-refractivity contribution in [2.24, 2.45) is 0 Å². The van der Waals surface area contributed by atoms with Crippen LogP contribution in [0.25, 0.3) is 11.4 Å². The molecule has 2 N–H and O–H groups in total. The van der Waals surface area contributed by atoms with Crippen molar-refractivity contribution in [2.45, 2.75) is 18.8 Å². The van der Waals surface area contributed by atoms with Gasteiger partial charge in [0, 0.05) is 11.9 Å². The number of nitrogens with zero attached hydrogens (tertiary/aromatic N) is 4. The molecule has 0 unspecified atom stereocenters. The molecular weight excluding hydrogens is 432 g/mol. The van der Waals surface area contributed by atoms with Crippen LogP contribution in [-0.4, -0.2) is 46.3 Å². The van der Waals surface area contributed by atoms with Gasteiger partial charge in [-0.1, -0.05) is 0 Å². The van der Waals surface area contributed by atoms with E-state index in [2.05, 4.69) is 30.6 Å². The molecule has 1 aliphatic rings. The number of hydrogen-bond acceptors (Lipinski definition) is 8. The molecule has 3 aromatic rings. The van der Waals surface area contributed by atoms with Crippen LogP contribution in [0, 0.1) is 5.82 Å². The monoisotopic (exact) mass is 450 g/mol. The van der Waals surface area contributed by atoms with E-state index in [-0.39, 0.29) is 41.4 Å². The van der Waals surface area contributed by atoms with Crippen LogP contribution in [0.3, 0.4) is 0 Å². The van der Waals surface area contributed by atoms with Crippen molar-refractivity contribution in [1.82, 2.24) is 19.9 Å². The molecule has 1 fully saturated rings. The van der Waals surface area contributed by atoms with Gasteiger partial charge in [-0.3, -0.25) is 4.98 Å². The third-order valence-corrected chi connectivity index (χ3v) is 4.57. The second-order valence-electron chi connectivity index (χ2n) is 6.90. The van der Waals surface area contributed by atoms with Crippen LogP contribution in [-0.2, 0) is 17.5 Å². The molecule has 168 valence electrons. The van der Waals surface area contributed by atoms with Gasteiger partial charge in [-0.2, -0.15) is 23.1 Å². The molecule has 0 radical (unpaired) electrons. The highest BCUT2D eigenvalue weighted by atomic mass is 19.4. The first-order chi connectivity index (χ1) is 15.3. The van der Waals surface area contributed by atoms with Crippen molar-refractivity contribution in [3.8, 4) is 17.1 Å². The summed E-state index contributed by atoms with van der Waals surface area (Å²) in [6, 6.07) is 6.43. The fourth-order valence-corrected chi connectivity index (χ4v) is 2.86. The molecule has 0 aliphatic carbocycles. The number of benzene rings is 1. The summed E-state index contributed by atoms with van der Waals surface area (Å²) in [5.74, 6) is 0.317. The third-order valence-electron chi connectivity index (χ3n) is 4.57. The third kappa shape index (κ3) is 5.02. The van der Waals surface area contributed by atoms with Gasteiger partial charge in [-0.15, -0.1) is 0 Å². The van der Waals surface area contributed by atoms with Gasteiger partial charge in [-0.25, -0.2) is 9.37 Å². The van der Waals surface area contributed by atoms with Crippen LogP contribution in [0.5, 0.6) is 5.75 Å². The molecular formula is C20H18F4N6O2. The predicted octanol–water partition coefficient (Wildman–Crippen LogP) is 3.52. The van der Waals surface area contributed by atoms with Crippen molar-refractivity contribution < 1.29 is 27.0 Å². The largest absolute Gasteiger partial charge is 0.497 e. The average Bonchev–Trinajstić information content (AvgIpc) is 2.75. The minimum absolute atomic E-state index is 0.00393. The molecule has 0 saturated carbocycles. The highest BCUT2D eigenvalue weighted by Crippen LogP contribution is 2.29. The number of rotatable bonds is 7. The lowest BCUT2D eigenvalue weighted by Crippen LogP contribution is -2.40. The molecule has 3 heterocycles. The van der Waals surface area contributed by atoms with E-state index < -0.39 is 17.7 Å². The normalized spacial score (nSPS) is 14.0. The molecule has 2 aromatic heterocycles. The Morgan fingerprint density at radius 1 is 1.12 bits per heavy atom. The van der Waals surface area contributed by atoms with E-state index in [0.29, 0.717) is 19.0 Å². The molecule has 0 spiro atoms. The van der Waals surface area contributed by atoms with Gasteiger partial charge in [0.05, 0.1) is 38.5 Å². The lowest BCUT2D eigenvalue weighted by molar-refractivity contribution is -0.141. The van der Waals surface area contributed by atoms with Crippen molar-refractivity contribution in [3.05, 3.63) is 53.9 Å². The van der Waals surface area contributed by atoms with E-state index in [1.54, 1.807) is 0 Å². The van der Waals surface area contributed by atoms with Gasteiger partial charge >= 0.3 is 6.18 Å². The number of alkyl halides is 3. The van der Waals surface area contributed by atoms with Crippen LogP contribution < -0.4 is 15.4 Å². The second-order valence-corrected chi connectivity index (χ2v) is 6.90. The Morgan fingerprint density at radius 3 is 2.62 bits per heavy atom. The van der Waals surface area contributed by atoms with E-state index in [1.807, 2.05) is 0 Å². The van der Waals surface area contributed by atoms with Gasteiger partial charge in [0.15, 0.2) is 11.6 Å². The summed E-state index contributed by atoms with van der Waals surface area (Å²) in [4.78, 5) is 16.2. The number of aromatic nitrogens is 4. The summed E-state index contributed by atoms with van der Waals surface area (Å²) in [7, 11) is 1.45. The highest BCUT2D eigenvalue weighted by Gasteiger charge is 2.32. The fraction of sp³-hybridized carbons (Fsp3) is 0.300. The predicted molar refractivity (Wildman–Crippen MR) is 107 cm³/mol. The van der Waals surface area contributed by atoms with Gasteiger partial charge in [-0.05, 0) is 30.3 Å². The maximum absolute atomic E-state index is 14.5. The van der Waals surface area contributed by atoms with Gasteiger partial charge < -0.3 is 20.1 Å². The van der Waals surface area contributed by atoms with Gasteiger partial charge in [0.1, 0.15) is 17.3 Å². The smallest absolute Gasteiger partial charge is 0.433 e. The Kier molecular flexibility index (Phi) is 6.04. The van der Waals surface area contributed by atoms with E-state index >= 15 is 0 Å². The van der Waals surface area contributed by atoms with Crippen molar-refractivity contribution in [3.63, 3.8) is 0 Å². The Labute approximate surface area is 180 Å². The minimum atomic E-state index is -4.57. The topological polar surface area (TPSA) is 94.1 Å². The maximum Gasteiger partial charge on any atom is 0.433 e. The quantitative estimate of drug-likeness (QED) is 0.528. The Balaban J connectivity index is 1.63. The molecule has 0 atom stereocenters. The first kappa shape index (κ1) is 21.7. The zero-order valence-corrected chi connectivity index (χ0v) is 16.8. The van der Waals surface area contributed by atoms with E-state index in [4.69, 9.17) is 9.47 Å². The lowest BCUT2D eigenvalue weighted by Gasteiger charge is -2.26. The molecule has 1 aromatic carbocycles. The van der Waals surface area contributed by atoms with Crippen LogP contribution >= 0.6 is 0 Å². The van der Waals surface area contributed by atoms with Crippen LogP contribution in [0.15, 0.2) is 36.5 Å². The number of hydrogen-bond donors (Lipinski definition) is 2. The lowest BCUT2D eigenvalue weighted by atomic mass is 10.2. The molecule has 1 saturated heterocycles. The number of halogens is 4. The van der Waals surface area contributed by atoms with Crippen LogP contribution in [0.1, 0.15) is 11.5 Å². The van der Waals surface area contributed by atoms with Gasteiger partial charge in [0.25, 0.3) is 0 Å². The summed E-state index contributed by atoms with van der Waals surface area (Å²) in [6.45, 7) is 0.914. The highest BCUT2D eigenvalue weighted by molar-refractivity contribution is 5.60. The molecule has 1 aliphatic heterocycles. The number of ether oxygens (including phenoxy) is 2. The second kappa shape index (κ2) is 8.91. The zero-order chi connectivity index (χ0) is 22.7. The Morgan fingerprint density at radius 2 is 1.94 bits per heavy atom. The molecule has 0 amide bonds. The summed E-state index contributed by atoms with van der Waals surface area (Å²) in [6.07, 6.45) is -3.51. The summed E-state index contributed by atoms with van der Waals surface area (Å²) in [5.41, 5.74) is -0.738. The minimum Gasteiger partial charge on any atom is -0.497 e. The average molecular weight is 450 g/mol. The SMILES string of the molecule is COc1ccc(F)c(-c2nc(CNc3ccnc(C(F)(F)F)c3)nc(NC3COC3)n2)c1. The van der Waals surface area contributed by atoms with Crippen LogP contribution in [0.2, 0.25) is 0 Å². The van der Waals surface area contributed by atoms with E-state index in [9.17, 15) is 17.6 Å². The van der Waals surface area contributed by atoms with Crippen molar-refractivity contribution >= 4 is 11.6 Å². The molecule has 0 bridgehead atoms. The first-order valence-corrected chi connectivity index (χ1v) is 9.52. The number of pyridine rings is 1. The standard InChI is InChI=1S/C20H18F4N6O2/c1-31-13-2-3-15(21)14(7-13)18-28-17(29-19(30-18)27-12-9-32-10-12)8-26-11-4-5-25-16(6-11)20(22,23)24/h2-7,12H,8-10H2,1H3,(H,25,26)(H,27,28,29,30). The number of anilines is 2. The van der Waals surface area contributed by atoms with Crippen LogP contribution in [0.4, 0.5) is 29.2 Å². The Bertz CT molecular complexity index is 1110.